The monoisotopic (exact) mass is 294 g/mol. The van der Waals surface area contributed by atoms with Crippen LogP contribution in [-0.2, 0) is 4.79 Å². The van der Waals surface area contributed by atoms with E-state index >= 15 is 0 Å². The summed E-state index contributed by atoms with van der Waals surface area (Å²) in [7, 11) is 0. The van der Waals surface area contributed by atoms with Crippen LogP contribution in [0.2, 0.25) is 0 Å². The van der Waals surface area contributed by atoms with Crippen molar-refractivity contribution < 1.29 is 19.4 Å². The molecule has 6 nitrogen and oxygen atoms in total. The van der Waals surface area contributed by atoms with Gasteiger partial charge in [-0.05, 0) is 36.6 Å². The van der Waals surface area contributed by atoms with Crippen LogP contribution in [0.5, 0.6) is 5.75 Å². The number of nitrogens with one attached hydrogen (secondary N) is 2. The van der Waals surface area contributed by atoms with E-state index in [1.165, 1.54) is 0 Å². The highest BCUT2D eigenvalue weighted by atomic mass is 16.5. The molecular weight excluding hydrogens is 272 g/mol. The third kappa shape index (κ3) is 7.81. The van der Waals surface area contributed by atoms with Crippen molar-refractivity contribution in [2.45, 2.75) is 26.7 Å². The smallest absolute Gasteiger partial charge is 0.319 e. The summed E-state index contributed by atoms with van der Waals surface area (Å²) in [6.45, 7) is 5.04. The second kappa shape index (κ2) is 8.84. The van der Waals surface area contributed by atoms with E-state index in [0.29, 0.717) is 18.2 Å². The Bertz CT molecular complexity index is 457. The van der Waals surface area contributed by atoms with Gasteiger partial charge in [-0.3, -0.25) is 4.79 Å². The van der Waals surface area contributed by atoms with Crippen molar-refractivity contribution in [2.24, 2.45) is 5.92 Å². The number of ether oxygens (including phenoxy) is 1. The van der Waals surface area contributed by atoms with E-state index in [-0.39, 0.29) is 13.0 Å². The average Bonchev–Trinajstić information content (AvgIpc) is 2.40. The van der Waals surface area contributed by atoms with Crippen molar-refractivity contribution in [1.29, 1.82) is 0 Å². The van der Waals surface area contributed by atoms with Gasteiger partial charge in [0.1, 0.15) is 5.75 Å². The molecule has 21 heavy (non-hydrogen) atoms. The van der Waals surface area contributed by atoms with Crippen LogP contribution < -0.4 is 15.4 Å². The molecule has 3 N–H and O–H groups in total. The summed E-state index contributed by atoms with van der Waals surface area (Å²) < 4.78 is 5.57. The minimum atomic E-state index is -0.946. The van der Waals surface area contributed by atoms with E-state index in [9.17, 15) is 9.59 Å². The van der Waals surface area contributed by atoms with Crippen molar-refractivity contribution in [3.63, 3.8) is 0 Å². The van der Waals surface area contributed by atoms with Gasteiger partial charge in [-0.25, -0.2) is 4.79 Å². The number of carboxylic acids is 1. The van der Waals surface area contributed by atoms with Gasteiger partial charge in [0.25, 0.3) is 0 Å². The number of rotatable bonds is 8. The van der Waals surface area contributed by atoms with Crippen LogP contribution in [0.25, 0.3) is 0 Å². The fraction of sp³-hybridized carbons (Fsp3) is 0.467. The fourth-order valence-electron chi connectivity index (χ4n) is 1.51. The highest BCUT2D eigenvalue weighted by Crippen LogP contribution is 2.16. The Morgan fingerprint density at radius 2 is 1.90 bits per heavy atom. The average molecular weight is 294 g/mol. The number of benzene rings is 1. The normalized spacial score (nSPS) is 10.2. The van der Waals surface area contributed by atoms with E-state index in [1.807, 2.05) is 0 Å². The van der Waals surface area contributed by atoms with Gasteiger partial charge in [0.05, 0.1) is 13.0 Å². The number of urea groups is 1. The molecule has 0 aromatic heterocycles. The summed E-state index contributed by atoms with van der Waals surface area (Å²) in [6.07, 6.45) is 0.891. The van der Waals surface area contributed by atoms with Gasteiger partial charge < -0.3 is 20.5 Å². The van der Waals surface area contributed by atoms with Crippen LogP contribution in [0.4, 0.5) is 10.5 Å². The van der Waals surface area contributed by atoms with Crippen molar-refractivity contribution in [2.75, 3.05) is 18.5 Å². The lowest BCUT2D eigenvalue weighted by Gasteiger charge is -2.10. The van der Waals surface area contributed by atoms with E-state index in [4.69, 9.17) is 9.84 Å². The number of carboxylic acid groups (broad SMARTS) is 1. The largest absolute Gasteiger partial charge is 0.494 e. The first-order valence-corrected chi connectivity index (χ1v) is 6.97. The van der Waals surface area contributed by atoms with E-state index in [0.717, 1.165) is 12.2 Å². The molecule has 1 aromatic rings. The minimum Gasteiger partial charge on any atom is -0.494 e. The van der Waals surface area contributed by atoms with Gasteiger partial charge in [-0.2, -0.15) is 0 Å². The first kappa shape index (κ1) is 16.8. The van der Waals surface area contributed by atoms with E-state index in [1.54, 1.807) is 24.3 Å². The number of amides is 2. The van der Waals surface area contributed by atoms with Gasteiger partial charge in [0.2, 0.25) is 0 Å². The van der Waals surface area contributed by atoms with Crippen molar-refractivity contribution in [1.82, 2.24) is 5.32 Å². The molecule has 2 amide bonds. The molecule has 0 bridgehead atoms. The Hall–Kier alpha value is -2.24. The first-order chi connectivity index (χ1) is 9.97. The third-order valence-electron chi connectivity index (χ3n) is 2.70. The standard InChI is InChI=1S/C15H22N2O4/c1-11(2)8-10-21-13-5-3-12(4-6-13)17-15(20)16-9-7-14(18)19/h3-6,11H,7-10H2,1-2H3,(H,18,19)(H2,16,17,20). The molecule has 1 aromatic carbocycles. The Morgan fingerprint density at radius 3 is 2.48 bits per heavy atom. The molecule has 0 unspecified atom stereocenters. The number of anilines is 1. The molecule has 0 spiro atoms. The lowest BCUT2D eigenvalue weighted by molar-refractivity contribution is -0.136. The summed E-state index contributed by atoms with van der Waals surface area (Å²) in [5.74, 6) is 0.408. The highest BCUT2D eigenvalue weighted by molar-refractivity contribution is 5.89. The maximum Gasteiger partial charge on any atom is 0.319 e. The Morgan fingerprint density at radius 1 is 1.24 bits per heavy atom. The maximum absolute atomic E-state index is 11.5. The number of hydrogen-bond donors (Lipinski definition) is 3. The Kier molecular flexibility index (Phi) is 7.08. The number of carbonyl (C=O) groups excluding carboxylic acids is 1. The summed E-state index contributed by atoms with van der Waals surface area (Å²) in [5, 5.41) is 13.5. The van der Waals surface area contributed by atoms with Crippen LogP contribution in [0.3, 0.4) is 0 Å². The molecule has 0 aliphatic rings. The predicted molar refractivity (Wildman–Crippen MR) is 80.7 cm³/mol. The van der Waals surface area contributed by atoms with Crippen molar-refractivity contribution in [3.8, 4) is 5.75 Å². The second-order valence-electron chi connectivity index (χ2n) is 5.08. The van der Waals surface area contributed by atoms with E-state index in [2.05, 4.69) is 24.5 Å². The zero-order valence-corrected chi connectivity index (χ0v) is 12.4. The van der Waals surface area contributed by atoms with Gasteiger partial charge in [0, 0.05) is 12.2 Å². The number of aliphatic carboxylic acids is 1. The van der Waals surface area contributed by atoms with Gasteiger partial charge in [-0.1, -0.05) is 13.8 Å². The molecule has 0 heterocycles. The van der Waals surface area contributed by atoms with Crippen LogP contribution in [-0.4, -0.2) is 30.3 Å². The quantitative estimate of drug-likeness (QED) is 0.688. The Balaban J connectivity index is 2.33. The fourth-order valence-corrected chi connectivity index (χ4v) is 1.51. The zero-order valence-electron chi connectivity index (χ0n) is 12.4. The molecule has 0 radical (unpaired) electrons. The predicted octanol–water partition coefficient (Wildman–Crippen LogP) is 2.71. The SMILES string of the molecule is CC(C)CCOc1ccc(NC(=O)NCCC(=O)O)cc1. The molecule has 0 saturated carbocycles. The molecule has 1 rings (SSSR count). The third-order valence-corrected chi connectivity index (χ3v) is 2.70. The second-order valence-corrected chi connectivity index (χ2v) is 5.08. The summed E-state index contributed by atoms with van der Waals surface area (Å²) >= 11 is 0. The van der Waals surface area contributed by atoms with Crippen LogP contribution in [0.1, 0.15) is 26.7 Å². The molecule has 116 valence electrons. The highest BCUT2D eigenvalue weighted by Gasteiger charge is 2.03. The molecular formula is C15H22N2O4. The summed E-state index contributed by atoms with van der Waals surface area (Å²) in [4.78, 5) is 21.8. The lowest BCUT2D eigenvalue weighted by atomic mass is 10.1. The van der Waals surface area contributed by atoms with Crippen molar-refractivity contribution >= 4 is 17.7 Å². The molecule has 0 fully saturated rings. The van der Waals surface area contributed by atoms with Crippen LogP contribution in [0, 0.1) is 5.92 Å². The first-order valence-electron chi connectivity index (χ1n) is 6.97. The Labute approximate surface area is 124 Å². The van der Waals surface area contributed by atoms with Gasteiger partial charge in [0.15, 0.2) is 0 Å². The molecule has 0 aliphatic heterocycles. The van der Waals surface area contributed by atoms with E-state index < -0.39 is 12.0 Å². The van der Waals surface area contributed by atoms with Gasteiger partial charge >= 0.3 is 12.0 Å². The summed E-state index contributed by atoms with van der Waals surface area (Å²) in [6, 6.07) is 6.62. The summed E-state index contributed by atoms with van der Waals surface area (Å²) in [5.41, 5.74) is 0.624. The van der Waals surface area contributed by atoms with Gasteiger partial charge in [-0.15, -0.1) is 0 Å². The van der Waals surface area contributed by atoms with Crippen LogP contribution >= 0.6 is 0 Å². The maximum atomic E-state index is 11.5. The molecule has 0 atom stereocenters. The molecule has 0 saturated heterocycles. The number of carbonyl (C=O) groups is 2. The number of hydrogen-bond acceptors (Lipinski definition) is 3. The van der Waals surface area contributed by atoms with Crippen molar-refractivity contribution in [3.05, 3.63) is 24.3 Å². The molecule has 0 aliphatic carbocycles. The zero-order chi connectivity index (χ0) is 15.7. The lowest BCUT2D eigenvalue weighted by Crippen LogP contribution is -2.30. The topological polar surface area (TPSA) is 87.7 Å². The molecule has 6 heteroatoms. The van der Waals surface area contributed by atoms with Crippen LogP contribution in [0.15, 0.2) is 24.3 Å². The minimum absolute atomic E-state index is 0.0948.